The summed E-state index contributed by atoms with van der Waals surface area (Å²) < 4.78 is 14.2. The van der Waals surface area contributed by atoms with Gasteiger partial charge in [-0.3, -0.25) is 9.78 Å². The van der Waals surface area contributed by atoms with Gasteiger partial charge in [-0.1, -0.05) is 0 Å². The standard InChI is InChI=1S/C14H15FN4O/c1-3-17-13-12(15)11(6-9-18-13)14(20)19(2)10-4-7-16-8-5-10/h4-9H,3H2,1-2H3,(H,17,18). The molecule has 6 heteroatoms. The number of aromatic nitrogens is 2. The maximum atomic E-state index is 14.2. The van der Waals surface area contributed by atoms with E-state index in [1.165, 1.54) is 17.2 Å². The maximum Gasteiger partial charge on any atom is 0.261 e. The molecular formula is C14H15FN4O. The first-order valence-corrected chi connectivity index (χ1v) is 6.21. The van der Waals surface area contributed by atoms with Crippen molar-refractivity contribution in [2.75, 3.05) is 23.8 Å². The summed E-state index contributed by atoms with van der Waals surface area (Å²) in [5.74, 6) is -0.989. The largest absolute Gasteiger partial charge is 0.368 e. The molecule has 20 heavy (non-hydrogen) atoms. The molecule has 0 fully saturated rings. The summed E-state index contributed by atoms with van der Waals surface area (Å²) in [4.78, 5) is 21.5. The molecule has 0 aromatic carbocycles. The van der Waals surface area contributed by atoms with E-state index >= 15 is 0 Å². The van der Waals surface area contributed by atoms with E-state index in [2.05, 4.69) is 15.3 Å². The molecular weight excluding hydrogens is 259 g/mol. The van der Waals surface area contributed by atoms with Crippen molar-refractivity contribution in [1.29, 1.82) is 0 Å². The summed E-state index contributed by atoms with van der Waals surface area (Å²) in [6, 6.07) is 4.74. The summed E-state index contributed by atoms with van der Waals surface area (Å²) in [5.41, 5.74) is 0.626. The van der Waals surface area contributed by atoms with E-state index in [4.69, 9.17) is 0 Å². The predicted molar refractivity (Wildman–Crippen MR) is 75.3 cm³/mol. The SMILES string of the molecule is CCNc1nccc(C(=O)N(C)c2ccncc2)c1F. The molecule has 2 aromatic heterocycles. The first-order chi connectivity index (χ1) is 9.65. The highest BCUT2D eigenvalue weighted by Crippen LogP contribution is 2.19. The average molecular weight is 274 g/mol. The zero-order valence-electron chi connectivity index (χ0n) is 11.3. The second kappa shape index (κ2) is 6.10. The summed E-state index contributed by atoms with van der Waals surface area (Å²) >= 11 is 0. The summed E-state index contributed by atoms with van der Waals surface area (Å²) in [6.45, 7) is 2.36. The Balaban J connectivity index is 2.32. The van der Waals surface area contributed by atoms with E-state index in [9.17, 15) is 9.18 Å². The van der Waals surface area contributed by atoms with E-state index in [1.54, 1.807) is 31.6 Å². The van der Waals surface area contributed by atoms with Gasteiger partial charge in [0.1, 0.15) is 0 Å². The molecule has 0 atom stereocenters. The third-order valence-corrected chi connectivity index (χ3v) is 2.82. The van der Waals surface area contributed by atoms with E-state index in [0.717, 1.165) is 0 Å². The van der Waals surface area contributed by atoms with E-state index < -0.39 is 11.7 Å². The second-order valence-corrected chi connectivity index (χ2v) is 4.12. The highest BCUT2D eigenvalue weighted by molar-refractivity contribution is 6.06. The Labute approximate surface area is 116 Å². The molecule has 2 heterocycles. The van der Waals surface area contributed by atoms with Gasteiger partial charge in [0, 0.05) is 37.9 Å². The van der Waals surface area contributed by atoms with Gasteiger partial charge in [-0.2, -0.15) is 0 Å². The van der Waals surface area contributed by atoms with Crippen molar-refractivity contribution < 1.29 is 9.18 Å². The van der Waals surface area contributed by atoms with Gasteiger partial charge < -0.3 is 10.2 Å². The first-order valence-electron chi connectivity index (χ1n) is 6.21. The molecule has 2 aromatic rings. The van der Waals surface area contributed by atoms with Crippen LogP contribution in [0.5, 0.6) is 0 Å². The van der Waals surface area contributed by atoms with Crippen LogP contribution in [0.15, 0.2) is 36.8 Å². The van der Waals surface area contributed by atoms with Gasteiger partial charge in [0.2, 0.25) is 0 Å². The van der Waals surface area contributed by atoms with Crippen LogP contribution in [-0.4, -0.2) is 29.5 Å². The van der Waals surface area contributed by atoms with Crippen molar-refractivity contribution >= 4 is 17.4 Å². The number of halogens is 1. The lowest BCUT2D eigenvalue weighted by atomic mass is 10.2. The number of carbonyl (C=O) groups excluding carboxylic acids is 1. The minimum absolute atomic E-state index is 0.0183. The molecule has 0 saturated carbocycles. The maximum absolute atomic E-state index is 14.2. The Bertz CT molecular complexity index is 603. The molecule has 0 spiro atoms. The van der Waals surface area contributed by atoms with Crippen molar-refractivity contribution in [1.82, 2.24) is 9.97 Å². The van der Waals surface area contributed by atoms with Gasteiger partial charge in [-0.25, -0.2) is 9.37 Å². The molecule has 104 valence electrons. The third-order valence-electron chi connectivity index (χ3n) is 2.82. The first kappa shape index (κ1) is 13.9. The van der Waals surface area contributed by atoms with E-state index in [0.29, 0.717) is 12.2 Å². The number of hydrogen-bond donors (Lipinski definition) is 1. The Morgan fingerprint density at radius 1 is 1.30 bits per heavy atom. The van der Waals surface area contributed by atoms with Crippen molar-refractivity contribution in [3.63, 3.8) is 0 Å². The van der Waals surface area contributed by atoms with E-state index in [-0.39, 0.29) is 11.4 Å². The molecule has 0 radical (unpaired) electrons. The normalized spacial score (nSPS) is 10.2. The Morgan fingerprint density at radius 2 is 2.00 bits per heavy atom. The highest BCUT2D eigenvalue weighted by Gasteiger charge is 2.20. The number of amides is 1. The molecule has 2 rings (SSSR count). The lowest BCUT2D eigenvalue weighted by Crippen LogP contribution is -2.27. The number of nitrogens with zero attached hydrogens (tertiary/aromatic N) is 3. The van der Waals surface area contributed by atoms with Gasteiger partial charge in [0.15, 0.2) is 11.6 Å². The molecule has 0 saturated heterocycles. The molecule has 1 amide bonds. The minimum atomic E-state index is -0.639. The van der Waals surface area contributed by atoms with Gasteiger partial charge in [-0.15, -0.1) is 0 Å². The number of hydrogen-bond acceptors (Lipinski definition) is 4. The van der Waals surface area contributed by atoms with Gasteiger partial charge >= 0.3 is 0 Å². The molecule has 0 aliphatic carbocycles. The topological polar surface area (TPSA) is 58.1 Å². The third kappa shape index (κ3) is 2.74. The number of nitrogens with one attached hydrogen (secondary N) is 1. The summed E-state index contributed by atoms with van der Waals surface area (Å²) in [5, 5.41) is 2.78. The molecule has 0 aliphatic rings. The van der Waals surface area contributed by atoms with Crippen molar-refractivity contribution in [2.45, 2.75) is 6.92 Å². The molecule has 0 unspecified atom stereocenters. The molecule has 0 aliphatic heterocycles. The predicted octanol–water partition coefficient (Wildman–Crippen LogP) is 2.32. The Morgan fingerprint density at radius 3 is 2.65 bits per heavy atom. The van der Waals surface area contributed by atoms with E-state index in [1.807, 2.05) is 6.92 Å². The number of carbonyl (C=O) groups is 1. The fourth-order valence-corrected chi connectivity index (χ4v) is 1.77. The number of anilines is 2. The second-order valence-electron chi connectivity index (χ2n) is 4.12. The van der Waals surface area contributed by atoms with Crippen LogP contribution in [0.25, 0.3) is 0 Å². The Kier molecular flexibility index (Phi) is 4.24. The fraction of sp³-hybridized carbons (Fsp3) is 0.214. The number of rotatable bonds is 4. The van der Waals surface area contributed by atoms with Gasteiger partial charge in [-0.05, 0) is 25.1 Å². The van der Waals surface area contributed by atoms with Crippen molar-refractivity contribution in [3.05, 3.63) is 48.2 Å². The Hall–Kier alpha value is -2.50. The van der Waals surface area contributed by atoms with Crippen LogP contribution in [0, 0.1) is 5.82 Å². The monoisotopic (exact) mass is 274 g/mol. The van der Waals surface area contributed by atoms with Crippen molar-refractivity contribution in [3.8, 4) is 0 Å². The summed E-state index contributed by atoms with van der Waals surface area (Å²) in [6.07, 6.45) is 4.56. The number of pyridine rings is 2. The van der Waals surface area contributed by atoms with Crippen LogP contribution in [0.3, 0.4) is 0 Å². The van der Waals surface area contributed by atoms with Crippen LogP contribution >= 0.6 is 0 Å². The van der Waals surface area contributed by atoms with Crippen molar-refractivity contribution in [2.24, 2.45) is 0 Å². The minimum Gasteiger partial charge on any atom is -0.368 e. The van der Waals surface area contributed by atoms with Gasteiger partial charge in [0.25, 0.3) is 5.91 Å². The zero-order chi connectivity index (χ0) is 14.5. The lowest BCUT2D eigenvalue weighted by Gasteiger charge is -2.18. The van der Waals surface area contributed by atoms with Crippen LogP contribution in [-0.2, 0) is 0 Å². The lowest BCUT2D eigenvalue weighted by molar-refractivity contribution is 0.0989. The van der Waals surface area contributed by atoms with Crippen LogP contribution in [0.4, 0.5) is 15.9 Å². The summed E-state index contributed by atoms with van der Waals surface area (Å²) in [7, 11) is 1.59. The molecule has 0 bridgehead atoms. The van der Waals surface area contributed by atoms with Crippen LogP contribution in [0.2, 0.25) is 0 Å². The molecule has 1 N–H and O–H groups in total. The smallest absolute Gasteiger partial charge is 0.261 e. The van der Waals surface area contributed by atoms with Crippen LogP contribution < -0.4 is 10.2 Å². The fourth-order valence-electron chi connectivity index (χ4n) is 1.77. The highest BCUT2D eigenvalue weighted by atomic mass is 19.1. The van der Waals surface area contributed by atoms with Gasteiger partial charge in [0.05, 0.1) is 5.56 Å². The molecule has 5 nitrogen and oxygen atoms in total. The van der Waals surface area contributed by atoms with Crippen LogP contribution in [0.1, 0.15) is 17.3 Å². The average Bonchev–Trinajstić information content (AvgIpc) is 2.49. The quantitative estimate of drug-likeness (QED) is 0.929. The zero-order valence-corrected chi connectivity index (χ0v) is 11.3.